The van der Waals surface area contributed by atoms with Crippen LogP contribution < -0.4 is 5.32 Å². The van der Waals surface area contributed by atoms with E-state index in [0.717, 1.165) is 58.4 Å². The molecule has 144 valence electrons. The Morgan fingerprint density at radius 3 is 2.41 bits per heavy atom. The molecule has 6 nitrogen and oxygen atoms in total. The van der Waals surface area contributed by atoms with E-state index in [2.05, 4.69) is 23.2 Å². The second kappa shape index (κ2) is 9.01. The van der Waals surface area contributed by atoms with Gasteiger partial charge in [-0.05, 0) is 50.4 Å². The number of likely N-dealkylation sites (N-methyl/N-ethyl adjacent to an activating group) is 1. The number of carbonyl (C=O) groups excluding carboxylic acids is 2. The number of nitriles is 1. The summed E-state index contributed by atoms with van der Waals surface area (Å²) in [5.41, 5.74) is 1.19. The lowest BCUT2D eigenvalue weighted by Crippen LogP contribution is -2.50. The SMILES string of the molecule is CCN1CCN(C(=O)C2CCC(C(=O)Nc3cccc(C#N)c3)CC2)CC1. The second-order valence-corrected chi connectivity index (χ2v) is 7.49. The summed E-state index contributed by atoms with van der Waals surface area (Å²) in [7, 11) is 0. The summed E-state index contributed by atoms with van der Waals surface area (Å²) >= 11 is 0. The molecule has 1 saturated heterocycles. The third kappa shape index (κ3) is 4.86. The van der Waals surface area contributed by atoms with Crippen LogP contribution in [0.25, 0.3) is 0 Å². The highest BCUT2D eigenvalue weighted by atomic mass is 16.2. The molecular formula is C21H28N4O2. The van der Waals surface area contributed by atoms with Gasteiger partial charge in [-0.2, -0.15) is 5.26 Å². The molecule has 1 aromatic rings. The maximum absolute atomic E-state index is 12.8. The first kappa shape index (κ1) is 19.4. The van der Waals surface area contributed by atoms with Gasteiger partial charge >= 0.3 is 0 Å². The Bertz CT molecular complexity index is 711. The number of benzene rings is 1. The van der Waals surface area contributed by atoms with Crippen molar-refractivity contribution < 1.29 is 9.59 Å². The van der Waals surface area contributed by atoms with E-state index < -0.39 is 0 Å². The third-order valence-corrected chi connectivity index (χ3v) is 5.84. The Hall–Kier alpha value is -2.39. The molecule has 0 bridgehead atoms. The Balaban J connectivity index is 1.47. The zero-order valence-corrected chi connectivity index (χ0v) is 16.0. The Kier molecular flexibility index (Phi) is 6.46. The number of carbonyl (C=O) groups is 2. The van der Waals surface area contributed by atoms with Crippen LogP contribution in [0.1, 0.15) is 38.2 Å². The summed E-state index contributed by atoms with van der Waals surface area (Å²) in [6.07, 6.45) is 3.05. The van der Waals surface area contributed by atoms with E-state index in [-0.39, 0.29) is 23.7 Å². The van der Waals surface area contributed by atoms with Gasteiger partial charge in [0.1, 0.15) is 0 Å². The van der Waals surface area contributed by atoms with E-state index in [9.17, 15) is 9.59 Å². The summed E-state index contributed by atoms with van der Waals surface area (Å²) < 4.78 is 0. The Morgan fingerprint density at radius 1 is 1.11 bits per heavy atom. The minimum atomic E-state index is -0.0586. The molecule has 0 atom stereocenters. The van der Waals surface area contributed by atoms with Crippen LogP contribution >= 0.6 is 0 Å². The first-order valence-electron chi connectivity index (χ1n) is 9.93. The number of piperazine rings is 1. The maximum Gasteiger partial charge on any atom is 0.227 e. The van der Waals surface area contributed by atoms with Gasteiger partial charge in [0.05, 0.1) is 11.6 Å². The Labute approximate surface area is 161 Å². The molecule has 1 aliphatic heterocycles. The number of nitrogens with zero attached hydrogens (tertiary/aromatic N) is 3. The molecule has 0 aromatic heterocycles. The molecule has 3 rings (SSSR count). The van der Waals surface area contributed by atoms with Gasteiger partial charge in [-0.25, -0.2) is 0 Å². The minimum absolute atomic E-state index is 0.00690. The molecule has 2 aliphatic rings. The van der Waals surface area contributed by atoms with Crippen LogP contribution in [0.5, 0.6) is 0 Å². The fraction of sp³-hybridized carbons (Fsp3) is 0.571. The first-order chi connectivity index (χ1) is 13.1. The highest BCUT2D eigenvalue weighted by Gasteiger charge is 2.33. The van der Waals surface area contributed by atoms with Gasteiger partial charge < -0.3 is 15.1 Å². The summed E-state index contributed by atoms with van der Waals surface area (Å²) in [4.78, 5) is 29.7. The van der Waals surface area contributed by atoms with Gasteiger partial charge in [-0.3, -0.25) is 9.59 Å². The molecule has 1 saturated carbocycles. The molecular weight excluding hydrogens is 340 g/mol. The molecule has 1 N–H and O–H groups in total. The largest absolute Gasteiger partial charge is 0.340 e. The van der Waals surface area contributed by atoms with Crippen LogP contribution in [0, 0.1) is 23.2 Å². The van der Waals surface area contributed by atoms with Gasteiger partial charge in [-0.15, -0.1) is 0 Å². The lowest BCUT2D eigenvalue weighted by atomic mass is 9.80. The molecule has 2 fully saturated rings. The van der Waals surface area contributed by atoms with Gasteiger partial charge in [-0.1, -0.05) is 13.0 Å². The standard InChI is InChI=1S/C21H28N4O2/c1-2-24-10-12-25(13-11-24)21(27)18-8-6-17(7-9-18)20(26)23-19-5-3-4-16(14-19)15-22/h3-5,14,17-18H,2,6-13H2,1H3,(H,23,26). The molecule has 1 heterocycles. The Morgan fingerprint density at radius 2 is 1.78 bits per heavy atom. The minimum Gasteiger partial charge on any atom is -0.340 e. The average molecular weight is 368 g/mol. The van der Waals surface area contributed by atoms with E-state index >= 15 is 0 Å². The molecule has 1 aliphatic carbocycles. The van der Waals surface area contributed by atoms with Crippen molar-refractivity contribution in [3.63, 3.8) is 0 Å². The molecule has 0 unspecified atom stereocenters. The molecule has 0 radical (unpaired) electrons. The van der Waals surface area contributed by atoms with Crippen LogP contribution in [0.2, 0.25) is 0 Å². The van der Waals surface area contributed by atoms with E-state index in [1.54, 1.807) is 24.3 Å². The van der Waals surface area contributed by atoms with Crippen molar-refractivity contribution in [1.29, 1.82) is 5.26 Å². The summed E-state index contributed by atoms with van der Waals surface area (Å²) in [6.45, 7) is 6.76. The van der Waals surface area contributed by atoms with Crippen molar-refractivity contribution in [2.24, 2.45) is 11.8 Å². The number of amides is 2. The topological polar surface area (TPSA) is 76.4 Å². The molecule has 1 aromatic carbocycles. The molecule has 27 heavy (non-hydrogen) atoms. The van der Waals surface area contributed by atoms with Gasteiger partial charge in [0.2, 0.25) is 11.8 Å². The monoisotopic (exact) mass is 368 g/mol. The van der Waals surface area contributed by atoms with E-state index in [1.165, 1.54) is 0 Å². The lowest BCUT2D eigenvalue weighted by Gasteiger charge is -2.37. The first-order valence-corrected chi connectivity index (χ1v) is 9.93. The molecule has 6 heteroatoms. The second-order valence-electron chi connectivity index (χ2n) is 7.49. The zero-order chi connectivity index (χ0) is 19.2. The lowest BCUT2D eigenvalue weighted by molar-refractivity contribution is -0.139. The van der Waals surface area contributed by atoms with Crippen LogP contribution in [0.15, 0.2) is 24.3 Å². The van der Waals surface area contributed by atoms with Crippen molar-refractivity contribution in [2.75, 3.05) is 38.0 Å². The summed E-state index contributed by atoms with van der Waals surface area (Å²) in [6, 6.07) is 9.04. The number of anilines is 1. The van der Waals surface area contributed by atoms with Crippen molar-refractivity contribution in [3.8, 4) is 6.07 Å². The van der Waals surface area contributed by atoms with Crippen molar-refractivity contribution in [1.82, 2.24) is 9.80 Å². The van der Waals surface area contributed by atoms with E-state index in [4.69, 9.17) is 5.26 Å². The zero-order valence-electron chi connectivity index (χ0n) is 16.0. The van der Waals surface area contributed by atoms with Crippen molar-refractivity contribution >= 4 is 17.5 Å². The summed E-state index contributed by atoms with van der Waals surface area (Å²) in [5, 5.41) is 11.9. The predicted octanol–water partition coefficient (Wildman–Crippen LogP) is 2.47. The van der Waals surface area contributed by atoms with E-state index in [0.29, 0.717) is 11.3 Å². The van der Waals surface area contributed by atoms with Gasteiger partial charge in [0, 0.05) is 43.7 Å². The number of nitrogens with one attached hydrogen (secondary N) is 1. The van der Waals surface area contributed by atoms with Crippen molar-refractivity contribution in [3.05, 3.63) is 29.8 Å². The summed E-state index contributed by atoms with van der Waals surface area (Å²) in [5.74, 6) is 0.264. The number of hydrogen-bond acceptors (Lipinski definition) is 4. The molecule has 2 amide bonds. The number of hydrogen-bond donors (Lipinski definition) is 1. The highest BCUT2D eigenvalue weighted by molar-refractivity contribution is 5.93. The third-order valence-electron chi connectivity index (χ3n) is 5.84. The fourth-order valence-electron chi connectivity index (χ4n) is 4.06. The normalized spacial score (nSPS) is 23.5. The van der Waals surface area contributed by atoms with Crippen LogP contribution in [-0.2, 0) is 9.59 Å². The molecule has 0 spiro atoms. The average Bonchev–Trinajstić information content (AvgIpc) is 2.73. The predicted molar refractivity (Wildman–Crippen MR) is 104 cm³/mol. The van der Waals surface area contributed by atoms with Gasteiger partial charge in [0.15, 0.2) is 0 Å². The maximum atomic E-state index is 12.8. The quantitative estimate of drug-likeness (QED) is 0.886. The number of rotatable bonds is 4. The fourth-order valence-corrected chi connectivity index (χ4v) is 4.06. The van der Waals surface area contributed by atoms with E-state index in [1.807, 2.05) is 4.90 Å². The van der Waals surface area contributed by atoms with Crippen LogP contribution in [0.4, 0.5) is 5.69 Å². The van der Waals surface area contributed by atoms with Gasteiger partial charge in [0.25, 0.3) is 0 Å². The smallest absolute Gasteiger partial charge is 0.227 e. The highest BCUT2D eigenvalue weighted by Crippen LogP contribution is 2.31. The van der Waals surface area contributed by atoms with Crippen LogP contribution in [0.3, 0.4) is 0 Å². The van der Waals surface area contributed by atoms with Crippen LogP contribution in [-0.4, -0.2) is 54.3 Å². The van der Waals surface area contributed by atoms with Crippen molar-refractivity contribution in [2.45, 2.75) is 32.6 Å².